The number of anilines is 1. The van der Waals surface area contributed by atoms with Gasteiger partial charge in [0.2, 0.25) is 0 Å². The summed E-state index contributed by atoms with van der Waals surface area (Å²) in [5.41, 5.74) is 7.24. The largest absolute Gasteiger partial charge is 0.494 e. The fourth-order valence-corrected chi connectivity index (χ4v) is 1.33. The Bertz CT molecular complexity index is 439. The van der Waals surface area contributed by atoms with Crippen LogP contribution in [-0.2, 0) is 0 Å². The topological polar surface area (TPSA) is 66.0 Å². The van der Waals surface area contributed by atoms with Crippen LogP contribution in [0.3, 0.4) is 0 Å². The monoisotopic (exact) mass is 204 g/mol. The van der Waals surface area contributed by atoms with Crippen LogP contribution in [0.1, 0.15) is 6.92 Å². The highest BCUT2D eigenvalue weighted by molar-refractivity contribution is 5.53. The van der Waals surface area contributed by atoms with Crippen molar-refractivity contribution >= 4 is 5.69 Å². The minimum atomic E-state index is 0.611. The van der Waals surface area contributed by atoms with Gasteiger partial charge in [-0.3, -0.25) is 0 Å². The molecule has 0 aliphatic rings. The predicted molar refractivity (Wildman–Crippen MR) is 56.9 cm³/mol. The molecule has 0 aliphatic heterocycles. The lowest BCUT2D eigenvalue weighted by Crippen LogP contribution is -1.99. The highest BCUT2D eigenvalue weighted by Crippen LogP contribution is 2.20. The van der Waals surface area contributed by atoms with Gasteiger partial charge in [0.15, 0.2) is 0 Å². The average Bonchev–Trinajstić information content (AvgIpc) is 2.70. The fourth-order valence-electron chi connectivity index (χ4n) is 1.33. The quantitative estimate of drug-likeness (QED) is 0.764. The van der Waals surface area contributed by atoms with Crippen LogP contribution in [-0.4, -0.2) is 21.4 Å². The van der Waals surface area contributed by atoms with E-state index >= 15 is 0 Å². The SMILES string of the molecule is CCOc1cc(N)cc(-n2cncn2)c1. The first-order valence-electron chi connectivity index (χ1n) is 4.68. The van der Waals surface area contributed by atoms with Crippen molar-refractivity contribution in [1.82, 2.24) is 14.8 Å². The first-order chi connectivity index (χ1) is 7.29. The molecule has 0 radical (unpaired) electrons. The van der Waals surface area contributed by atoms with E-state index in [-0.39, 0.29) is 0 Å². The lowest BCUT2D eigenvalue weighted by atomic mass is 10.2. The predicted octanol–water partition coefficient (Wildman–Crippen LogP) is 1.25. The summed E-state index contributed by atoms with van der Waals surface area (Å²) in [5, 5.41) is 4.02. The van der Waals surface area contributed by atoms with Crippen molar-refractivity contribution in [1.29, 1.82) is 0 Å². The van der Waals surface area contributed by atoms with Gasteiger partial charge in [0, 0.05) is 17.8 Å². The van der Waals surface area contributed by atoms with Crippen LogP contribution >= 0.6 is 0 Å². The molecule has 1 heterocycles. The van der Waals surface area contributed by atoms with E-state index in [1.54, 1.807) is 17.1 Å². The minimum Gasteiger partial charge on any atom is -0.494 e. The number of nitrogens with two attached hydrogens (primary N) is 1. The third-order valence-corrected chi connectivity index (χ3v) is 1.91. The van der Waals surface area contributed by atoms with Gasteiger partial charge in [-0.05, 0) is 13.0 Å². The van der Waals surface area contributed by atoms with Crippen LogP contribution in [0.2, 0.25) is 0 Å². The van der Waals surface area contributed by atoms with E-state index < -0.39 is 0 Å². The van der Waals surface area contributed by atoms with E-state index in [1.807, 2.05) is 19.1 Å². The molecular formula is C10H12N4O. The zero-order valence-corrected chi connectivity index (χ0v) is 8.42. The van der Waals surface area contributed by atoms with Crippen LogP contribution in [0.4, 0.5) is 5.69 Å². The van der Waals surface area contributed by atoms with E-state index in [0.717, 1.165) is 11.4 Å². The molecule has 0 fully saturated rings. The van der Waals surface area contributed by atoms with Gasteiger partial charge in [-0.2, -0.15) is 5.10 Å². The molecule has 1 aromatic carbocycles. The van der Waals surface area contributed by atoms with Crippen LogP contribution in [0.25, 0.3) is 5.69 Å². The number of hydrogen-bond donors (Lipinski definition) is 1. The summed E-state index contributed by atoms with van der Waals surface area (Å²) in [5.74, 6) is 0.739. The van der Waals surface area contributed by atoms with Gasteiger partial charge in [-0.15, -0.1) is 0 Å². The van der Waals surface area contributed by atoms with Gasteiger partial charge < -0.3 is 10.5 Å². The molecule has 5 heteroatoms. The zero-order valence-electron chi connectivity index (χ0n) is 8.42. The number of hydrogen-bond acceptors (Lipinski definition) is 4. The maximum Gasteiger partial charge on any atom is 0.138 e. The highest BCUT2D eigenvalue weighted by Gasteiger charge is 2.01. The number of aromatic nitrogens is 3. The Kier molecular flexibility index (Phi) is 2.53. The summed E-state index contributed by atoms with van der Waals surface area (Å²) in [7, 11) is 0. The van der Waals surface area contributed by atoms with Gasteiger partial charge in [0.05, 0.1) is 12.3 Å². The Hall–Kier alpha value is -2.04. The minimum absolute atomic E-state index is 0.611. The van der Waals surface area contributed by atoms with Gasteiger partial charge >= 0.3 is 0 Å². The molecule has 15 heavy (non-hydrogen) atoms. The summed E-state index contributed by atoms with van der Waals surface area (Å²) in [6.07, 6.45) is 3.09. The molecule has 0 aliphatic carbocycles. The standard InChI is InChI=1S/C10H12N4O/c1-2-15-10-4-8(11)3-9(5-10)14-7-12-6-13-14/h3-7H,2,11H2,1H3. The third kappa shape index (κ3) is 2.07. The van der Waals surface area contributed by atoms with Gasteiger partial charge in [0.25, 0.3) is 0 Å². The lowest BCUT2D eigenvalue weighted by molar-refractivity contribution is 0.340. The maximum absolute atomic E-state index is 5.75. The molecule has 0 bridgehead atoms. The summed E-state index contributed by atoms with van der Waals surface area (Å²) in [6.45, 7) is 2.54. The fraction of sp³-hybridized carbons (Fsp3) is 0.200. The van der Waals surface area contributed by atoms with Crippen LogP contribution in [0.5, 0.6) is 5.75 Å². The smallest absolute Gasteiger partial charge is 0.138 e. The summed E-state index contributed by atoms with van der Waals surface area (Å²) in [6, 6.07) is 5.47. The van der Waals surface area contributed by atoms with Crippen molar-refractivity contribution in [3.8, 4) is 11.4 Å². The zero-order chi connectivity index (χ0) is 10.7. The normalized spacial score (nSPS) is 10.2. The molecule has 5 nitrogen and oxygen atoms in total. The summed E-state index contributed by atoms with van der Waals surface area (Å²) >= 11 is 0. The van der Waals surface area contributed by atoms with Crippen molar-refractivity contribution in [2.45, 2.75) is 6.92 Å². The van der Waals surface area contributed by atoms with Gasteiger partial charge in [-0.25, -0.2) is 9.67 Å². The number of rotatable bonds is 3. The van der Waals surface area contributed by atoms with Crippen molar-refractivity contribution < 1.29 is 4.74 Å². The van der Waals surface area contributed by atoms with Crippen LogP contribution in [0, 0.1) is 0 Å². The molecule has 78 valence electrons. The van der Waals surface area contributed by atoms with Gasteiger partial charge in [-0.1, -0.05) is 0 Å². The summed E-state index contributed by atoms with van der Waals surface area (Å²) in [4.78, 5) is 3.87. The first kappa shape index (κ1) is 9.51. The molecule has 2 aromatic rings. The second-order valence-electron chi connectivity index (χ2n) is 3.03. The number of ether oxygens (including phenoxy) is 1. The van der Waals surface area contributed by atoms with Crippen LogP contribution < -0.4 is 10.5 Å². The molecule has 0 saturated carbocycles. The Labute approximate surface area is 87.5 Å². The maximum atomic E-state index is 5.75. The third-order valence-electron chi connectivity index (χ3n) is 1.91. The molecule has 0 unspecified atom stereocenters. The van der Waals surface area contributed by atoms with Crippen molar-refractivity contribution in [3.05, 3.63) is 30.9 Å². The van der Waals surface area contributed by atoms with Crippen molar-refractivity contribution in [3.63, 3.8) is 0 Å². The average molecular weight is 204 g/mol. The molecule has 0 saturated heterocycles. The Morgan fingerprint density at radius 1 is 1.40 bits per heavy atom. The van der Waals surface area contributed by atoms with E-state index in [4.69, 9.17) is 10.5 Å². The molecular weight excluding hydrogens is 192 g/mol. The number of benzene rings is 1. The van der Waals surface area contributed by atoms with E-state index in [9.17, 15) is 0 Å². The lowest BCUT2D eigenvalue weighted by Gasteiger charge is -2.07. The Balaban J connectivity index is 2.40. The molecule has 0 spiro atoms. The number of nitrogens with zero attached hydrogens (tertiary/aromatic N) is 3. The second-order valence-corrected chi connectivity index (χ2v) is 3.03. The molecule has 1 aromatic heterocycles. The molecule has 0 amide bonds. The summed E-state index contributed by atoms with van der Waals surface area (Å²) < 4.78 is 7.02. The first-order valence-corrected chi connectivity index (χ1v) is 4.68. The Morgan fingerprint density at radius 3 is 2.93 bits per heavy atom. The second kappa shape index (κ2) is 4.00. The molecule has 2 N–H and O–H groups in total. The van der Waals surface area contributed by atoms with Crippen LogP contribution in [0.15, 0.2) is 30.9 Å². The molecule has 0 atom stereocenters. The van der Waals surface area contributed by atoms with E-state index in [2.05, 4.69) is 10.1 Å². The van der Waals surface area contributed by atoms with Crippen molar-refractivity contribution in [2.75, 3.05) is 12.3 Å². The van der Waals surface area contributed by atoms with Gasteiger partial charge in [0.1, 0.15) is 18.4 Å². The number of nitrogen functional groups attached to an aromatic ring is 1. The Morgan fingerprint density at radius 2 is 2.27 bits per heavy atom. The highest BCUT2D eigenvalue weighted by atomic mass is 16.5. The van der Waals surface area contributed by atoms with E-state index in [0.29, 0.717) is 12.3 Å². The van der Waals surface area contributed by atoms with E-state index in [1.165, 1.54) is 6.33 Å². The van der Waals surface area contributed by atoms with Crippen molar-refractivity contribution in [2.24, 2.45) is 0 Å². The molecule has 2 rings (SSSR count).